The van der Waals surface area contributed by atoms with Crippen molar-refractivity contribution >= 4 is 11.6 Å². The topological polar surface area (TPSA) is 42.0 Å². The fraction of sp³-hybridized carbons (Fsp3) is 0.0909. The second-order valence-corrected chi connectivity index (χ2v) is 3.02. The fourth-order valence-electron chi connectivity index (χ4n) is 1.27. The molecule has 0 atom stereocenters. The van der Waals surface area contributed by atoms with Crippen LogP contribution in [-0.4, -0.2) is 10.9 Å². The molecule has 0 fully saturated rings. The summed E-state index contributed by atoms with van der Waals surface area (Å²) in [5, 5.41) is 2.80. The lowest BCUT2D eigenvalue weighted by atomic mass is 10.1. The Kier molecular flexibility index (Phi) is 2.40. The minimum absolute atomic E-state index is 0.0128. The minimum atomic E-state index is -0.136. The molecule has 1 aromatic heterocycles. The Morgan fingerprint density at radius 3 is 2.50 bits per heavy atom. The third-order valence-corrected chi connectivity index (χ3v) is 2.00. The van der Waals surface area contributed by atoms with E-state index < -0.39 is 0 Å². The van der Waals surface area contributed by atoms with E-state index in [1.54, 1.807) is 24.5 Å². The molecule has 0 radical (unpaired) electrons. The molecular formula is C11H10N2O. The average Bonchev–Trinajstić information content (AvgIpc) is 2.72. The van der Waals surface area contributed by atoms with Gasteiger partial charge in [-0.05, 0) is 12.1 Å². The van der Waals surface area contributed by atoms with Gasteiger partial charge < -0.3 is 5.32 Å². The Balaban J connectivity index is 2.02. The largest absolute Gasteiger partial charge is 0.325 e. The zero-order valence-electron chi connectivity index (χ0n) is 7.55. The van der Waals surface area contributed by atoms with E-state index in [4.69, 9.17) is 0 Å². The molecule has 0 aliphatic heterocycles. The van der Waals surface area contributed by atoms with Gasteiger partial charge in [0.25, 0.3) is 0 Å². The van der Waals surface area contributed by atoms with Crippen LogP contribution in [0, 0.1) is 5.92 Å². The average molecular weight is 186 g/mol. The predicted molar refractivity (Wildman–Crippen MR) is 54.6 cm³/mol. The van der Waals surface area contributed by atoms with Gasteiger partial charge in [0, 0.05) is 18.1 Å². The van der Waals surface area contributed by atoms with Crippen LogP contribution in [0.2, 0.25) is 0 Å². The molecule has 3 heteroatoms. The van der Waals surface area contributed by atoms with E-state index in [1.165, 1.54) is 0 Å². The lowest BCUT2D eigenvalue weighted by molar-refractivity contribution is -0.117. The number of anilines is 1. The monoisotopic (exact) mass is 186 g/mol. The van der Waals surface area contributed by atoms with E-state index in [9.17, 15) is 4.79 Å². The molecule has 1 N–H and O–H groups in total. The summed E-state index contributed by atoms with van der Waals surface area (Å²) in [6.07, 6.45) is 10.8. The predicted octanol–water partition coefficient (Wildman–Crippen LogP) is 1.76. The summed E-state index contributed by atoms with van der Waals surface area (Å²) in [4.78, 5) is 15.5. The Morgan fingerprint density at radius 1 is 1.21 bits per heavy atom. The molecule has 3 nitrogen and oxygen atoms in total. The first-order chi connectivity index (χ1) is 6.86. The van der Waals surface area contributed by atoms with Crippen molar-refractivity contribution in [1.82, 2.24) is 4.98 Å². The quantitative estimate of drug-likeness (QED) is 0.764. The Labute approximate surface area is 82.2 Å². The molecule has 0 spiro atoms. The molecule has 1 aliphatic carbocycles. The summed E-state index contributed by atoms with van der Waals surface area (Å²) < 4.78 is 0. The third kappa shape index (κ3) is 1.88. The molecule has 0 saturated heterocycles. The van der Waals surface area contributed by atoms with Crippen LogP contribution in [0.15, 0.2) is 48.8 Å². The van der Waals surface area contributed by atoms with E-state index in [1.807, 2.05) is 24.3 Å². The van der Waals surface area contributed by atoms with E-state index in [2.05, 4.69) is 10.3 Å². The molecule has 0 saturated carbocycles. The maximum atomic E-state index is 11.6. The second-order valence-electron chi connectivity index (χ2n) is 3.02. The number of nitrogens with zero attached hydrogens (tertiary/aromatic N) is 1. The van der Waals surface area contributed by atoms with E-state index in [0.717, 1.165) is 5.69 Å². The fourth-order valence-corrected chi connectivity index (χ4v) is 1.27. The highest BCUT2D eigenvalue weighted by molar-refractivity contribution is 5.95. The molecule has 0 bridgehead atoms. The van der Waals surface area contributed by atoms with Gasteiger partial charge in [-0.1, -0.05) is 24.3 Å². The van der Waals surface area contributed by atoms with Gasteiger partial charge in [0.2, 0.25) is 5.91 Å². The second kappa shape index (κ2) is 3.87. The van der Waals surface area contributed by atoms with Crippen LogP contribution in [0.3, 0.4) is 0 Å². The van der Waals surface area contributed by atoms with Crippen molar-refractivity contribution in [3.8, 4) is 0 Å². The minimum Gasteiger partial charge on any atom is -0.325 e. The van der Waals surface area contributed by atoms with Crippen LogP contribution in [-0.2, 0) is 4.79 Å². The molecule has 0 aromatic carbocycles. The maximum absolute atomic E-state index is 11.6. The number of hydrogen-bond donors (Lipinski definition) is 1. The molecule has 1 aliphatic rings. The summed E-state index contributed by atoms with van der Waals surface area (Å²) >= 11 is 0. The summed E-state index contributed by atoms with van der Waals surface area (Å²) in [5.74, 6) is -0.149. The van der Waals surface area contributed by atoms with Gasteiger partial charge in [-0.3, -0.25) is 9.78 Å². The molecule has 14 heavy (non-hydrogen) atoms. The lowest BCUT2D eigenvalue weighted by Crippen LogP contribution is -2.18. The first kappa shape index (κ1) is 8.69. The molecular weight excluding hydrogens is 176 g/mol. The highest BCUT2D eigenvalue weighted by atomic mass is 16.1. The van der Waals surface area contributed by atoms with Gasteiger partial charge in [-0.25, -0.2) is 0 Å². The van der Waals surface area contributed by atoms with E-state index in [0.29, 0.717) is 0 Å². The Hall–Kier alpha value is -1.90. The number of carbonyl (C=O) groups is 1. The van der Waals surface area contributed by atoms with Crippen LogP contribution in [0.4, 0.5) is 5.69 Å². The van der Waals surface area contributed by atoms with Gasteiger partial charge in [0.05, 0.1) is 5.92 Å². The van der Waals surface area contributed by atoms with Crippen molar-refractivity contribution in [2.24, 2.45) is 5.92 Å². The number of amides is 1. The summed E-state index contributed by atoms with van der Waals surface area (Å²) in [6, 6.07) is 3.53. The van der Waals surface area contributed by atoms with Crippen LogP contribution >= 0.6 is 0 Å². The molecule has 1 amide bonds. The molecule has 70 valence electrons. The van der Waals surface area contributed by atoms with E-state index >= 15 is 0 Å². The van der Waals surface area contributed by atoms with Crippen LogP contribution in [0.5, 0.6) is 0 Å². The number of pyridine rings is 1. The highest BCUT2D eigenvalue weighted by Crippen LogP contribution is 2.12. The first-order valence-corrected chi connectivity index (χ1v) is 4.42. The standard InChI is InChI=1S/C11H10N2O/c14-11(9-3-1-2-4-9)13-10-5-7-12-8-6-10/h1-9H,(H,12,13,14). The molecule has 2 rings (SSSR count). The van der Waals surface area contributed by atoms with E-state index in [-0.39, 0.29) is 11.8 Å². The molecule has 1 heterocycles. The first-order valence-electron chi connectivity index (χ1n) is 4.42. The van der Waals surface area contributed by atoms with Gasteiger partial charge in [-0.2, -0.15) is 0 Å². The summed E-state index contributed by atoms with van der Waals surface area (Å²) in [6.45, 7) is 0. The van der Waals surface area contributed by atoms with Crippen LogP contribution < -0.4 is 5.32 Å². The summed E-state index contributed by atoms with van der Waals surface area (Å²) in [5.41, 5.74) is 0.777. The van der Waals surface area contributed by atoms with Crippen LogP contribution in [0.1, 0.15) is 0 Å². The number of rotatable bonds is 2. The van der Waals surface area contributed by atoms with Crippen molar-refractivity contribution in [3.63, 3.8) is 0 Å². The van der Waals surface area contributed by atoms with Crippen molar-refractivity contribution < 1.29 is 4.79 Å². The van der Waals surface area contributed by atoms with Gasteiger partial charge in [0.15, 0.2) is 0 Å². The van der Waals surface area contributed by atoms with Crippen molar-refractivity contribution in [1.29, 1.82) is 0 Å². The van der Waals surface area contributed by atoms with Gasteiger partial charge in [0.1, 0.15) is 0 Å². The SMILES string of the molecule is O=C(Nc1ccncc1)C1C=CC=C1. The molecule has 1 aromatic rings. The van der Waals surface area contributed by atoms with Crippen molar-refractivity contribution in [3.05, 3.63) is 48.8 Å². The highest BCUT2D eigenvalue weighted by Gasteiger charge is 2.13. The number of aromatic nitrogens is 1. The number of carbonyl (C=O) groups excluding carboxylic acids is 1. The zero-order valence-corrected chi connectivity index (χ0v) is 7.55. The number of hydrogen-bond acceptors (Lipinski definition) is 2. The Morgan fingerprint density at radius 2 is 1.86 bits per heavy atom. The number of nitrogens with one attached hydrogen (secondary N) is 1. The van der Waals surface area contributed by atoms with Crippen molar-refractivity contribution in [2.75, 3.05) is 5.32 Å². The van der Waals surface area contributed by atoms with Gasteiger partial charge in [-0.15, -0.1) is 0 Å². The summed E-state index contributed by atoms with van der Waals surface area (Å²) in [7, 11) is 0. The smallest absolute Gasteiger partial charge is 0.235 e. The van der Waals surface area contributed by atoms with Gasteiger partial charge >= 0.3 is 0 Å². The van der Waals surface area contributed by atoms with Crippen molar-refractivity contribution in [2.45, 2.75) is 0 Å². The third-order valence-electron chi connectivity index (χ3n) is 2.00. The zero-order chi connectivity index (χ0) is 9.80. The maximum Gasteiger partial charge on any atom is 0.235 e. The number of allylic oxidation sites excluding steroid dienone is 2. The van der Waals surface area contributed by atoms with Crippen LogP contribution in [0.25, 0.3) is 0 Å². The molecule has 0 unspecified atom stereocenters. The lowest BCUT2D eigenvalue weighted by Gasteiger charge is -2.06. The Bertz CT molecular complexity index is 370. The normalized spacial score (nSPS) is 14.6.